The maximum atomic E-state index is 12.5. The largest absolute Gasteiger partial charge is 0.486 e. The molecule has 1 amide bonds. The number of ether oxygens (including phenoxy) is 1. The van der Waals surface area contributed by atoms with Crippen molar-refractivity contribution in [3.8, 4) is 5.75 Å². The summed E-state index contributed by atoms with van der Waals surface area (Å²) in [5, 5.41) is 3.16. The monoisotopic (exact) mass is 368 g/mol. The molecule has 2 atom stereocenters. The molecule has 0 radical (unpaired) electrons. The molecule has 1 aromatic heterocycles. The highest BCUT2D eigenvalue weighted by Crippen LogP contribution is 2.34. The molecule has 0 aliphatic carbocycles. The second kappa shape index (κ2) is 7.39. The molecule has 5 nitrogen and oxygen atoms in total. The molecule has 1 aromatic carbocycles. The summed E-state index contributed by atoms with van der Waals surface area (Å²) in [5.41, 5.74) is 2.33. The highest BCUT2D eigenvalue weighted by atomic mass is 16.5. The van der Waals surface area contributed by atoms with Gasteiger partial charge < -0.3 is 19.4 Å². The molecule has 2 unspecified atom stereocenters. The van der Waals surface area contributed by atoms with E-state index in [9.17, 15) is 4.79 Å². The lowest BCUT2D eigenvalue weighted by molar-refractivity contribution is 0.0851. The summed E-state index contributed by atoms with van der Waals surface area (Å²) in [5.74, 6) is 1.71. The number of hydrogen-bond donors (Lipinski definition) is 1. The number of benzene rings is 1. The molecule has 2 fully saturated rings. The van der Waals surface area contributed by atoms with E-state index >= 15 is 0 Å². The van der Waals surface area contributed by atoms with Gasteiger partial charge in [0.15, 0.2) is 5.76 Å². The summed E-state index contributed by atoms with van der Waals surface area (Å²) in [6.07, 6.45) is 4.55. The first-order valence-corrected chi connectivity index (χ1v) is 9.80. The normalized spacial score (nSPS) is 24.8. The minimum atomic E-state index is -0.124. The van der Waals surface area contributed by atoms with E-state index in [2.05, 4.69) is 23.3 Å². The molecule has 2 aromatic rings. The fourth-order valence-electron chi connectivity index (χ4n) is 4.53. The van der Waals surface area contributed by atoms with E-state index in [1.165, 1.54) is 12.8 Å². The van der Waals surface area contributed by atoms with E-state index in [1.54, 1.807) is 6.07 Å². The lowest BCUT2D eigenvalue weighted by atomic mass is 9.98. The number of carbonyl (C=O) groups is 1. The number of aryl methyl sites for hydroxylation is 2. The van der Waals surface area contributed by atoms with Crippen LogP contribution < -0.4 is 10.1 Å². The number of amides is 1. The minimum absolute atomic E-state index is 0.124. The molecule has 1 N–H and O–H groups in total. The van der Waals surface area contributed by atoms with Crippen molar-refractivity contribution in [2.45, 2.75) is 64.3 Å². The quantitative estimate of drug-likeness (QED) is 0.871. The first kappa shape index (κ1) is 18.1. The Balaban J connectivity index is 1.33. The average Bonchev–Trinajstić information content (AvgIpc) is 3.15. The van der Waals surface area contributed by atoms with Crippen molar-refractivity contribution in [2.75, 3.05) is 7.05 Å². The number of fused-ring (bicyclic) bond motifs is 2. The standard InChI is InChI=1S/C22H28N2O3/c1-14-8-15(2)10-20(9-14)26-13-19-6-7-21(27-19)22(25)23-16-11-17-4-5-18(12-16)24(17)3/h6-10,16-18H,4-5,11-13H2,1-3H3,(H,23,25). The van der Waals surface area contributed by atoms with E-state index in [0.29, 0.717) is 30.2 Å². The van der Waals surface area contributed by atoms with E-state index in [-0.39, 0.29) is 11.9 Å². The fraction of sp³-hybridized carbons (Fsp3) is 0.500. The van der Waals surface area contributed by atoms with Crippen molar-refractivity contribution >= 4 is 5.91 Å². The van der Waals surface area contributed by atoms with Crippen molar-refractivity contribution in [1.29, 1.82) is 0 Å². The number of hydrogen-bond acceptors (Lipinski definition) is 4. The smallest absolute Gasteiger partial charge is 0.287 e. The third kappa shape index (κ3) is 4.03. The summed E-state index contributed by atoms with van der Waals surface area (Å²) in [6.45, 7) is 4.41. The maximum Gasteiger partial charge on any atom is 0.287 e. The molecular formula is C22H28N2O3. The van der Waals surface area contributed by atoms with Crippen LogP contribution in [0.25, 0.3) is 0 Å². The number of piperidine rings is 1. The van der Waals surface area contributed by atoms with E-state index in [1.807, 2.05) is 32.0 Å². The fourth-order valence-corrected chi connectivity index (χ4v) is 4.53. The van der Waals surface area contributed by atoms with Crippen molar-refractivity contribution < 1.29 is 13.9 Å². The van der Waals surface area contributed by atoms with Crippen LogP contribution in [-0.2, 0) is 6.61 Å². The number of nitrogens with zero attached hydrogens (tertiary/aromatic N) is 1. The summed E-state index contributed by atoms with van der Waals surface area (Å²) in [7, 11) is 2.20. The highest BCUT2D eigenvalue weighted by molar-refractivity contribution is 5.91. The number of rotatable bonds is 5. The van der Waals surface area contributed by atoms with Gasteiger partial charge in [0.25, 0.3) is 5.91 Å². The van der Waals surface area contributed by atoms with Crippen LogP contribution in [0.1, 0.15) is 53.1 Å². The predicted molar refractivity (Wildman–Crippen MR) is 104 cm³/mol. The minimum Gasteiger partial charge on any atom is -0.486 e. The third-order valence-corrected chi connectivity index (χ3v) is 5.90. The summed E-state index contributed by atoms with van der Waals surface area (Å²) >= 11 is 0. The van der Waals surface area contributed by atoms with Gasteiger partial charge in [0.05, 0.1) is 0 Å². The molecule has 5 heteroatoms. The third-order valence-electron chi connectivity index (χ3n) is 5.90. The summed E-state index contributed by atoms with van der Waals surface area (Å²) in [4.78, 5) is 15.0. The zero-order chi connectivity index (χ0) is 19.0. The van der Waals surface area contributed by atoms with Crippen molar-refractivity contribution in [2.24, 2.45) is 0 Å². The Morgan fingerprint density at radius 1 is 1.15 bits per heavy atom. The van der Waals surface area contributed by atoms with Crippen LogP contribution in [-0.4, -0.2) is 36.0 Å². The van der Waals surface area contributed by atoms with E-state index in [0.717, 1.165) is 29.7 Å². The van der Waals surface area contributed by atoms with Crippen LogP contribution in [0.3, 0.4) is 0 Å². The number of carbonyl (C=O) groups excluding carboxylic acids is 1. The number of furan rings is 1. The van der Waals surface area contributed by atoms with Gasteiger partial charge in [-0.1, -0.05) is 6.07 Å². The van der Waals surface area contributed by atoms with Gasteiger partial charge in [-0.3, -0.25) is 4.79 Å². The van der Waals surface area contributed by atoms with Gasteiger partial charge in [0, 0.05) is 18.1 Å². The van der Waals surface area contributed by atoms with E-state index in [4.69, 9.17) is 9.15 Å². The van der Waals surface area contributed by atoms with Gasteiger partial charge in [-0.15, -0.1) is 0 Å². The SMILES string of the molecule is Cc1cc(C)cc(OCc2ccc(C(=O)NC3CC4CCC(C3)N4C)o2)c1. The highest BCUT2D eigenvalue weighted by Gasteiger charge is 2.39. The predicted octanol–water partition coefficient (Wildman–Crippen LogP) is 3.83. The first-order valence-electron chi connectivity index (χ1n) is 9.80. The van der Waals surface area contributed by atoms with E-state index < -0.39 is 0 Å². The van der Waals surface area contributed by atoms with Crippen LogP contribution in [0.5, 0.6) is 5.75 Å². The Morgan fingerprint density at radius 2 is 1.81 bits per heavy atom. The Morgan fingerprint density at radius 3 is 2.48 bits per heavy atom. The Bertz CT molecular complexity index is 794. The van der Waals surface area contributed by atoms with Crippen molar-refractivity contribution in [3.63, 3.8) is 0 Å². The van der Waals surface area contributed by atoms with Crippen LogP contribution in [0.15, 0.2) is 34.7 Å². The molecule has 2 aliphatic heterocycles. The number of nitrogens with one attached hydrogen (secondary N) is 1. The lowest BCUT2D eigenvalue weighted by Crippen LogP contribution is -2.48. The molecular weight excluding hydrogens is 340 g/mol. The molecule has 144 valence electrons. The van der Waals surface area contributed by atoms with Crippen LogP contribution in [0.2, 0.25) is 0 Å². The van der Waals surface area contributed by atoms with Crippen LogP contribution in [0, 0.1) is 13.8 Å². The van der Waals surface area contributed by atoms with Crippen LogP contribution in [0.4, 0.5) is 0 Å². The molecule has 27 heavy (non-hydrogen) atoms. The molecule has 4 rings (SSSR count). The Kier molecular flexibility index (Phi) is 4.96. The molecule has 2 bridgehead atoms. The average molecular weight is 368 g/mol. The van der Waals surface area contributed by atoms with Gasteiger partial charge in [-0.2, -0.15) is 0 Å². The van der Waals surface area contributed by atoms with Gasteiger partial charge in [-0.25, -0.2) is 0 Å². The molecule has 2 aliphatic rings. The molecule has 2 saturated heterocycles. The molecule has 0 spiro atoms. The van der Waals surface area contributed by atoms with Crippen molar-refractivity contribution in [3.05, 3.63) is 53.0 Å². The van der Waals surface area contributed by atoms with Crippen molar-refractivity contribution in [1.82, 2.24) is 10.2 Å². The Labute approximate surface area is 160 Å². The van der Waals surface area contributed by atoms with Gasteiger partial charge in [0.2, 0.25) is 0 Å². The van der Waals surface area contributed by atoms with Gasteiger partial charge >= 0.3 is 0 Å². The maximum absolute atomic E-state index is 12.5. The first-order chi connectivity index (χ1) is 13.0. The van der Waals surface area contributed by atoms with Gasteiger partial charge in [0.1, 0.15) is 18.1 Å². The molecule has 3 heterocycles. The van der Waals surface area contributed by atoms with Crippen LogP contribution >= 0.6 is 0 Å². The lowest BCUT2D eigenvalue weighted by Gasteiger charge is -2.36. The zero-order valence-electron chi connectivity index (χ0n) is 16.3. The topological polar surface area (TPSA) is 54.7 Å². The second-order valence-electron chi connectivity index (χ2n) is 8.07. The van der Waals surface area contributed by atoms with Gasteiger partial charge in [-0.05, 0) is 82.0 Å². The summed E-state index contributed by atoms with van der Waals surface area (Å²) < 4.78 is 11.5. The second-order valence-corrected chi connectivity index (χ2v) is 8.07. The Hall–Kier alpha value is -2.27. The summed E-state index contributed by atoms with van der Waals surface area (Å²) in [6, 6.07) is 11.1. The molecule has 0 saturated carbocycles. The zero-order valence-corrected chi connectivity index (χ0v) is 16.3.